The number of guanidine groups is 1. The van der Waals surface area contributed by atoms with Gasteiger partial charge in [0.25, 0.3) is 0 Å². The van der Waals surface area contributed by atoms with Gasteiger partial charge in [-0.15, -0.1) is 0 Å². The topological polar surface area (TPSA) is 48.9 Å². The van der Waals surface area contributed by atoms with Crippen LogP contribution in [0, 0.1) is 5.92 Å². The Morgan fingerprint density at radius 2 is 2.00 bits per heavy atom. The zero-order valence-corrected chi connectivity index (χ0v) is 16.8. The quantitative estimate of drug-likeness (QED) is 0.404. The van der Waals surface area contributed by atoms with Crippen LogP contribution in [0.5, 0.6) is 0 Å². The van der Waals surface area contributed by atoms with E-state index in [0.29, 0.717) is 0 Å². The zero-order chi connectivity index (χ0) is 18.6. The van der Waals surface area contributed by atoms with Crippen molar-refractivity contribution in [1.82, 2.24) is 15.5 Å². The molecule has 1 heterocycles. The van der Waals surface area contributed by atoms with Crippen molar-refractivity contribution in [3.8, 4) is 0 Å². The summed E-state index contributed by atoms with van der Waals surface area (Å²) in [6.45, 7) is 11.1. The van der Waals surface area contributed by atoms with E-state index in [1.54, 1.807) is 7.05 Å². The highest BCUT2D eigenvalue weighted by atomic mass is 16.5. The molecule has 146 valence electrons. The fourth-order valence-electron chi connectivity index (χ4n) is 3.38. The van der Waals surface area contributed by atoms with Crippen LogP contribution >= 0.6 is 0 Å². The molecule has 26 heavy (non-hydrogen) atoms. The van der Waals surface area contributed by atoms with E-state index in [2.05, 4.69) is 51.7 Å². The summed E-state index contributed by atoms with van der Waals surface area (Å²) in [7, 11) is 1.81. The monoisotopic (exact) mass is 360 g/mol. The summed E-state index contributed by atoms with van der Waals surface area (Å²) in [6, 6.07) is 8.96. The predicted molar refractivity (Wildman–Crippen MR) is 109 cm³/mol. The first-order chi connectivity index (χ1) is 12.7. The summed E-state index contributed by atoms with van der Waals surface area (Å²) < 4.78 is 5.35. The second-order valence-electron chi connectivity index (χ2n) is 7.20. The van der Waals surface area contributed by atoms with E-state index in [1.807, 2.05) is 6.92 Å². The molecule has 0 aromatic heterocycles. The minimum absolute atomic E-state index is 0.778. The molecular formula is C21H36N4O. The standard InChI is InChI=1S/C21H36N4O/c1-4-26-14-6-12-23-21(22-3)24-15-19-8-10-20(11-9-19)17-25-13-5-7-18(2)16-25/h8-11,18H,4-7,12-17H2,1-3H3,(H2,22,23,24). The van der Waals surface area contributed by atoms with Crippen LogP contribution in [-0.2, 0) is 17.8 Å². The van der Waals surface area contributed by atoms with Crippen LogP contribution in [0.4, 0.5) is 0 Å². The average molecular weight is 361 g/mol. The zero-order valence-electron chi connectivity index (χ0n) is 16.8. The molecule has 0 spiro atoms. The number of nitrogens with one attached hydrogen (secondary N) is 2. The lowest BCUT2D eigenvalue weighted by molar-refractivity contribution is 0.145. The van der Waals surface area contributed by atoms with Gasteiger partial charge in [0.2, 0.25) is 0 Å². The van der Waals surface area contributed by atoms with Gasteiger partial charge in [0.15, 0.2) is 5.96 Å². The van der Waals surface area contributed by atoms with Gasteiger partial charge in [0.1, 0.15) is 0 Å². The molecule has 1 aromatic carbocycles. The molecule has 2 N–H and O–H groups in total. The lowest BCUT2D eigenvalue weighted by Gasteiger charge is -2.30. The average Bonchev–Trinajstić information content (AvgIpc) is 2.65. The Bertz CT molecular complexity index is 529. The van der Waals surface area contributed by atoms with E-state index in [0.717, 1.165) is 51.1 Å². The molecule has 5 nitrogen and oxygen atoms in total. The first-order valence-corrected chi connectivity index (χ1v) is 10.0. The first-order valence-electron chi connectivity index (χ1n) is 10.0. The third-order valence-electron chi connectivity index (χ3n) is 4.82. The Labute approximate surface area is 159 Å². The summed E-state index contributed by atoms with van der Waals surface area (Å²) in [6.07, 6.45) is 3.69. The summed E-state index contributed by atoms with van der Waals surface area (Å²) in [5.41, 5.74) is 2.68. The maximum Gasteiger partial charge on any atom is 0.191 e. The van der Waals surface area contributed by atoms with Gasteiger partial charge in [-0.3, -0.25) is 9.89 Å². The van der Waals surface area contributed by atoms with E-state index in [9.17, 15) is 0 Å². The van der Waals surface area contributed by atoms with Crippen molar-refractivity contribution in [3.63, 3.8) is 0 Å². The van der Waals surface area contributed by atoms with Gasteiger partial charge in [-0.2, -0.15) is 0 Å². The second kappa shape index (κ2) is 11.9. The fourth-order valence-corrected chi connectivity index (χ4v) is 3.38. The van der Waals surface area contributed by atoms with Gasteiger partial charge in [-0.25, -0.2) is 0 Å². The summed E-state index contributed by atoms with van der Waals surface area (Å²) in [5, 5.41) is 6.69. The molecule has 0 bridgehead atoms. The number of benzene rings is 1. The van der Waals surface area contributed by atoms with Crippen molar-refractivity contribution in [1.29, 1.82) is 0 Å². The van der Waals surface area contributed by atoms with Crippen molar-refractivity contribution in [3.05, 3.63) is 35.4 Å². The van der Waals surface area contributed by atoms with Gasteiger partial charge < -0.3 is 15.4 Å². The van der Waals surface area contributed by atoms with E-state index >= 15 is 0 Å². The molecule has 0 saturated carbocycles. The minimum Gasteiger partial charge on any atom is -0.382 e. The molecule has 0 radical (unpaired) electrons. The lowest BCUT2D eigenvalue weighted by Crippen LogP contribution is -2.37. The SMILES string of the molecule is CCOCCCNC(=NC)NCc1ccc(CN2CCCC(C)C2)cc1. The molecular weight excluding hydrogens is 324 g/mol. The number of ether oxygens (including phenoxy) is 1. The second-order valence-corrected chi connectivity index (χ2v) is 7.20. The molecule has 1 unspecified atom stereocenters. The van der Waals surface area contributed by atoms with Crippen LogP contribution in [0.25, 0.3) is 0 Å². The van der Waals surface area contributed by atoms with Gasteiger partial charge in [-0.1, -0.05) is 31.2 Å². The van der Waals surface area contributed by atoms with Crippen molar-refractivity contribution >= 4 is 5.96 Å². The van der Waals surface area contributed by atoms with Crippen molar-refractivity contribution in [2.75, 3.05) is 39.9 Å². The van der Waals surface area contributed by atoms with Crippen LogP contribution in [0.15, 0.2) is 29.3 Å². The molecule has 1 aliphatic rings. The van der Waals surface area contributed by atoms with Gasteiger partial charge in [-0.05, 0) is 49.8 Å². The number of piperidine rings is 1. The number of hydrogen-bond acceptors (Lipinski definition) is 3. The van der Waals surface area contributed by atoms with Crippen molar-refractivity contribution in [2.45, 2.75) is 46.2 Å². The number of rotatable bonds is 9. The van der Waals surface area contributed by atoms with Crippen LogP contribution in [0.3, 0.4) is 0 Å². The molecule has 1 fully saturated rings. The third kappa shape index (κ3) is 7.75. The normalized spacial score (nSPS) is 18.7. The molecule has 0 amide bonds. The lowest BCUT2D eigenvalue weighted by atomic mass is 9.99. The van der Waals surface area contributed by atoms with Gasteiger partial charge >= 0.3 is 0 Å². The number of hydrogen-bond donors (Lipinski definition) is 2. The van der Waals surface area contributed by atoms with E-state index in [4.69, 9.17) is 4.74 Å². The Morgan fingerprint density at radius 3 is 2.69 bits per heavy atom. The van der Waals surface area contributed by atoms with Crippen LogP contribution < -0.4 is 10.6 Å². The van der Waals surface area contributed by atoms with Crippen molar-refractivity contribution < 1.29 is 4.74 Å². The number of aliphatic imine (C=N–C) groups is 1. The summed E-state index contributed by atoms with van der Waals surface area (Å²) in [4.78, 5) is 6.85. The molecule has 0 aliphatic carbocycles. The van der Waals surface area contributed by atoms with E-state index in [-0.39, 0.29) is 0 Å². The molecule has 5 heteroatoms. The largest absolute Gasteiger partial charge is 0.382 e. The maximum atomic E-state index is 5.35. The molecule has 1 aliphatic heterocycles. The fraction of sp³-hybridized carbons (Fsp3) is 0.667. The number of likely N-dealkylation sites (tertiary alicyclic amines) is 1. The molecule has 1 saturated heterocycles. The highest BCUT2D eigenvalue weighted by molar-refractivity contribution is 5.79. The maximum absolute atomic E-state index is 5.35. The van der Waals surface area contributed by atoms with E-state index in [1.165, 1.54) is 37.1 Å². The number of nitrogens with zero attached hydrogens (tertiary/aromatic N) is 2. The van der Waals surface area contributed by atoms with Crippen LogP contribution in [0.2, 0.25) is 0 Å². The first kappa shape index (κ1) is 20.7. The minimum atomic E-state index is 0.778. The predicted octanol–water partition coefficient (Wildman–Crippen LogP) is 3.01. The molecule has 1 aromatic rings. The molecule has 2 rings (SSSR count). The third-order valence-corrected chi connectivity index (χ3v) is 4.82. The van der Waals surface area contributed by atoms with Gasteiger partial charge in [0.05, 0.1) is 0 Å². The Balaban J connectivity index is 1.70. The van der Waals surface area contributed by atoms with Crippen LogP contribution in [-0.4, -0.2) is 50.8 Å². The smallest absolute Gasteiger partial charge is 0.191 e. The summed E-state index contributed by atoms with van der Waals surface area (Å²) in [5.74, 6) is 1.67. The Hall–Kier alpha value is -1.59. The van der Waals surface area contributed by atoms with Gasteiger partial charge in [0, 0.05) is 46.4 Å². The summed E-state index contributed by atoms with van der Waals surface area (Å²) >= 11 is 0. The highest BCUT2D eigenvalue weighted by Gasteiger charge is 2.16. The van der Waals surface area contributed by atoms with Crippen LogP contribution in [0.1, 0.15) is 44.2 Å². The van der Waals surface area contributed by atoms with E-state index < -0.39 is 0 Å². The molecule has 1 atom stereocenters. The Morgan fingerprint density at radius 1 is 1.23 bits per heavy atom. The highest BCUT2D eigenvalue weighted by Crippen LogP contribution is 2.18. The Kier molecular flexibility index (Phi) is 9.50. The van der Waals surface area contributed by atoms with Crippen molar-refractivity contribution in [2.24, 2.45) is 10.9 Å².